The quantitative estimate of drug-likeness (QED) is 0.871. The highest BCUT2D eigenvalue weighted by molar-refractivity contribution is 5.64. The third-order valence-electron chi connectivity index (χ3n) is 2.25. The van der Waals surface area contributed by atoms with Gasteiger partial charge < -0.3 is 15.4 Å². The van der Waals surface area contributed by atoms with Crippen molar-refractivity contribution in [1.29, 1.82) is 0 Å². The Morgan fingerprint density at radius 3 is 2.74 bits per heavy atom. The normalized spacial score (nSPS) is 10.3. The van der Waals surface area contributed by atoms with E-state index in [0.717, 1.165) is 0 Å². The fraction of sp³-hybridized carbons (Fsp3) is 0.167. The van der Waals surface area contributed by atoms with Gasteiger partial charge in [0, 0.05) is 13.2 Å². The van der Waals surface area contributed by atoms with E-state index in [4.69, 9.17) is 0 Å². The summed E-state index contributed by atoms with van der Waals surface area (Å²) in [6.45, 7) is -2.87. The summed E-state index contributed by atoms with van der Waals surface area (Å²) in [7, 11) is 1.69. The molecule has 0 bridgehead atoms. The Morgan fingerprint density at radius 2 is 2.00 bits per heavy atom. The zero-order valence-electron chi connectivity index (χ0n) is 10.1. The van der Waals surface area contributed by atoms with E-state index in [1.54, 1.807) is 37.5 Å². The lowest BCUT2D eigenvalue weighted by atomic mass is 10.3. The SMILES string of the molecule is CNc1nccc(Nc2ccccc2OC(F)F)n1. The van der Waals surface area contributed by atoms with Crippen LogP contribution in [0, 0.1) is 0 Å². The number of alkyl halides is 2. The molecule has 1 aromatic heterocycles. The second kappa shape index (κ2) is 5.94. The number of aromatic nitrogens is 2. The molecule has 2 aromatic rings. The number of hydrogen-bond acceptors (Lipinski definition) is 5. The molecular formula is C12H12F2N4O. The number of hydrogen-bond donors (Lipinski definition) is 2. The van der Waals surface area contributed by atoms with Gasteiger partial charge >= 0.3 is 6.61 Å². The molecule has 0 aliphatic heterocycles. The van der Waals surface area contributed by atoms with Gasteiger partial charge in [0.1, 0.15) is 11.6 Å². The summed E-state index contributed by atoms with van der Waals surface area (Å²) in [4.78, 5) is 8.09. The molecular weight excluding hydrogens is 254 g/mol. The predicted molar refractivity (Wildman–Crippen MR) is 67.9 cm³/mol. The van der Waals surface area contributed by atoms with E-state index in [2.05, 4.69) is 25.3 Å². The molecule has 1 heterocycles. The highest BCUT2D eigenvalue weighted by Gasteiger charge is 2.09. The molecule has 100 valence electrons. The topological polar surface area (TPSA) is 59.1 Å². The largest absolute Gasteiger partial charge is 0.433 e. The van der Waals surface area contributed by atoms with Crippen molar-refractivity contribution in [3.8, 4) is 5.75 Å². The average molecular weight is 266 g/mol. The van der Waals surface area contributed by atoms with Gasteiger partial charge in [-0.1, -0.05) is 12.1 Å². The Balaban J connectivity index is 2.22. The zero-order chi connectivity index (χ0) is 13.7. The Labute approximate surface area is 108 Å². The standard InChI is InChI=1S/C12H12F2N4O/c1-15-12-16-7-6-10(18-12)17-8-4-2-3-5-9(8)19-11(13)14/h2-7,11H,1H3,(H2,15,16,17,18). The number of nitrogens with zero attached hydrogens (tertiary/aromatic N) is 2. The summed E-state index contributed by atoms with van der Waals surface area (Å²) in [6.07, 6.45) is 1.55. The fourth-order valence-electron chi connectivity index (χ4n) is 1.46. The second-order valence-corrected chi connectivity index (χ2v) is 3.52. The van der Waals surface area contributed by atoms with Gasteiger partial charge in [-0.2, -0.15) is 13.8 Å². The highest BCUT2D eigenvalue weighted by Crippen LogP contribution is 2.28. The number of nitrogens with one attached hydrogen (secondary N) is 2. The van der Waals surface area contributed by atoms with Crippen molar-refractivity contribution in [2.45, 2.75) is 6.61 Å². The van der Waals surface area contributed by atoms with Crippen LogP contribution < -0.4 is 15.4 Å². The summed E-state index contributed by atoms with van der Waals surface area (Å²) in [6, 6.07) is 8.02. The molecule has 0 saturated carbocycles. The molecule has 0 saturated heterocycles. The van der Waals surface area contributed by atoms with E-state index >= 15 is 0 Å². The first-order valence-electron chi connectivity index (χ1n) is 5.50. The molecule has 0 aliphatic carbocycles. The fourth-order valence-corrected chi connectivity index (χ4v) is 1.46. The van der Waals surface area contributed by atoms with Gasteiger partial charge in [0.15, 0.2) is 0 Å². The van der Waals surface area contributed by atoms with Crippen LogP contribution in [0.3, 0.4) is 0 Å². The molecule has 0 atom stereocenters. The number of rotatable bonds is 5. The van der Waals surface area contributed by atoms with Crippen LogP contribution >= 0.6 is 0 Å². The third-order valence-corrected chi connectivity index (χ3v) is 2.25. The minimum atomic E-state index is -2.87. The smallest absolute Gasteiger partial charge is 0.387 e. The Kier molecular flexibility index (Phi) is 4.07. The van der Waals surface area contributed by atoms with Crippen LogP contribution in [-0.4, -0.2) is 23.6 Å². The molecule has 0 aliphatic rings. The monoisotopic (exact) mass is 266 g/mol. The first kappa shape index (κ1) is 13.0. The Bertz CT molecular complexity index is 551. The van der Waals surface area contributed by atoms with Crippen LogP contribution in [-0.2, 0) is 0 Å². The number of anilines is 3. The lowest BCUT2D eigenvalue weighted by molar-refractivity contribution is -0.0493. The van der Waals surface area contributed by atoms with Crippen LogP contribution in [0.2, 0.25) is 0 Å². The third kappa shape index (κ3) is 3.51. The zero-order valence-corrected chi connectivity index (χ0v) is 10.1. The lowest BCUT2D eigenvalue weighted by Gasteiger charge is -2.12. The van der Waals surface area contributed by atoms with E-state index in [1.807, 2.05) is 0 Å². The molecule has 19 heavy (non-hydrogen) atoms. The summed E-state index contributed by atoms with van der Waals surface area (Å²) >= 11 is 0. The van der Waals surface area contributed by atoms with Crippen molar-refractivity contribution in [3.05, 3.63) is 36.5 Å². The highest BCUT2D eigenvalue weighted by atomic mass is 19.3. The number of benzene rings is 1. The summed E-state index contributed by atoms with van der Waals surface area (Å²) in [5, 5.41) is 5.69. The number of ether oxygens (including phenoxy) is 1. The van der Waals surface area contributed by atoms with Gasteiger partial charge in [-0.3, -0.25) is 0 Å². The predicted octanol–water partition coefficient (Wildman–Crippen LogP) is 2.86. The van der Waals surface area contributed by atoms with Crippen LogP contribution in [0.5, 0.6) is 5.75 Å². The molecule has 7 heteroatoms. The summed E-state index contributed by atoms with van der Waals surface area (Å²) < 4.78 is 29.0. The molecule has 5 nitrogen and oxygen atoms in total. The Morgan fingerprint density at radius 1 is 1.21 bits per heavy atom. The molecule has 0 fully saturated rings. The van der Waals surface area contributed by atoms with Gasteiger partial charge in [-0.05, 0) is 18.2 Å². The van der Waals surface area contributed by atoms with Gasteiger partial charge in [0.05, 0.1) is 5.69 Å². The van der Waals surface area contributed by atoms with Crippen molar-refractivity contribution >= 4 is 17.5 Å². The lowest BCUT2D eigenvalue weighted by Crippen LogP contribution is -2.05. The maximum absolute atomic E-state index is 12.3. The van der Waals surface area contributed by atoms with Crippen LogP contribution in [0.4, 0.5) is 26.2 Å². The average Bonchev–Trinajstić information content (AvgIpc) is 2.41. The first-order chi connectivity index (χ1) is 9.19. The van der Waals surface area contributed by atoms with E-state index in [0.29, 0.717) is 17.5 Å². The van der Waals surface area contributed by atoms with Crippen molar-refractivity contribution in [3.63, 3.8) is 0 Å². The van der Waals surface area contributed by atoms with Gasteiger partial charge in [0.25, 0.3) is 0 Å². The van der Waals surface area contributed by atoms with E-state index in [9.17, 15) is 8.78 Å². The van der Waals surface area contributed by atoms with Crippen LogP contribution in [0.15, 0.2) is 36.5 Å². The molecule has 2 rings (SSSR count). The molecule has 1 aromatic carbocycles. The van der Waals surface area contributed by atoms with Crippen molar-refractivity contribution in [2.24, 2.45) is 0 Å². The maximum atomic E-state index is 12.3. The minimum Gasteiger partial charge on any atom is -0.433 e. The van der Waals surface area contributed by atoms with E-state index in [-0.39, 0.29) is 5.75 Å². The molecule has 0 unspecified atom stereocenters. The van der Waals surface area contributed by atoms with Crippen molar-refractivity contribution in [2.75, 3.05) is 17.7 Å². The number of para-hydroxylation sites is 2. The number of halogens is 2. The second-order valence-electron chi connectivity index (χ2n) is 3.52. The first-order valence-corrected chi connectivity index (χ1v) is 5.50. The van der Waals surface area contributed by atoms with Gasteiger partial charge in [0.2, 0.25) is 5.95 Å². The Hall–Kier alpha value is -2.44. The van der Waals surface area contributed by atoms with E-state index < -0.39 is 6.61 Å². The molecule has 2 N–H and O–H groups in total. The van der Waals surface area contributed by atoms with E-state index in [1.165, 1.54) is 6.07 Å². The maximum Gasteiger partial charge on any atom is 0.387 e. The van der Waals surface area contributed by atoms with Crippen molar-refractivity contribution < 1.29 is 13.5 Å². The minimum absolute atomic E-state index is 0.0575. The molecule has 0 amide bonds. The molecule has 0 spiro atoms. The summed E-state index contributed by atoms with van der Waals surface area (Å²) in [5.41, 5.74) is 0.406. The van der Waals surface area contributed by atoms with Gasteiger partial charge in [-0.25, -0.2) is 4.98 Å². The van der Waals surface area contributed by atoms with Crippen LogP contribution in [0.25, 0.3) is 0 Å². The van der Waals surface area contributed by atoms with Gasteiger partial charge in [-0.15, -0.1) is 0 Å². The van der Waals surface area contributed by atoms with Crippen molar-refractivity contribution in [1.82, 2.24) is 9.97 Å². The summed E-state index contributed by atoms with van der Waals surface area (Å²) in [5.74, 6) is 0.962. The van der Waals surface area contributed by atoms with Crippen LogP contribution in [0.1, 0.15) is 0 Å². The molecule has 0 radical (unpaired) electrons.